The third-order valence-electron chi connectivity index (χ3n) is 3.84. The first-order chi connectivity index (χ1) is 13.1. The number of hydrogen-bond donors (Lipinski definition) is 1. The molecule has 0 unspecified atom stereocenters. The van der Waals surface area contributed by atoms with Crippen LogP contribution in [0.15, 0.2) is 54.9 Å². The van der Waals surface area contributed by atoms with Crippen molar-refractivity contribution in [3.8, 4) is 23.3 Å². The summed E-state index contributed by atoms with van der Waals surface area (Å²) < 4.78 is 16.2. The predicted molar refractivity (Wildman–Crippen MR) is 101 cm³/mol. The average Bonchev–Trinajstić information content (AvgIpc) is 2.70. The van der Waals surface area contributed by atoms with Crippen molar-refractivity contribution in [3.05, 3.63) is 66.0 Å². The molecule has 0 aliphatic carbocycles. The number of benzene rings is 2. The van der Waals surface area contributed by atoms with Crippen LogP contribution in [-0.2, 0) is 0 Å². The van der Waals surface area contributed by atoms with Crippen molar-refractivity contribution in [3.63, 3.8) is 0 Å². The number of aromatic nitrogens is 2. The first-order valence-electron chi connectivity index (χ1n) is 8.20. The summed E-state index contributed by atoms with van der Waals surface area (Å²) in [6.07, 6.45) is 3.20. The molecule has 3 rings (SSSR count). The van der Waals surface area contributed by atoms with Gasteiger partial charge in [-0.15, -0.1) is 0 Å². The molecule has 0 radical (unpaired) electrons. The maximum atomic E-state index is 12.7. The van der Waals surface area contributed by atoms with E-state index in [-0.39, 0.29) is 11.9 Å². The van der Waals surface area contributed by atoms with Gasteiger partial charge in [0.2, 0.25) is 0 Å². The highest BCUT2D eigenvalue weighted by Crippen LogP contribution is 2.32. The third kappa shape index (κ3) is 4.14. The molecule has 0 spiro atoms. The maximum Gasteiger partial charge on any atom is 0.321 e. The second-order valence-corrected chi connectivity index (χ2v) is 5.61. The first kappa shape index (κ1) is 18.2. The zero-order valence-electron chi connectivity index (χ0n) is 15.2. The number of carbonyl (C=O) groups is 1. The Morgan fingerprint density at radius 1 is 1.00 bits per heavy atom. The third-order valence-corrected chi connectivity index (χ3v) is 3.84. The van der Waals surface area contributed by atoms with Crippen molar-refractivity contribution in [1.82, 2.24) is 9.97 Å². The topological polar surface area (TPSA) is 82.6 Å². The van der Waals surface area contributed by atoms with Crippen LogP contribution in [0, 0.1) is 6.92 Å². The van der Waals surface area contributed by atoms with Gasteiger partial charge in [-0.3, -0.25) is 4.79 Å². The summed E-state index contributed by atoms with van der Waals surface area (Å²) in [6.45, 7) is 1.87. The number of anilines is 1. The largest absolute Gasteiger partial charge is 0.493 e. The monoisotopic (exact) mass is 365 g/mol. The molecule has 1 N–H and O–H groups in total. The smallest absolute Gasteiger partial charge is 0.321 e. The number of ether oxygens (including phenoxy) is 3. The standard InChI is InChI=1S/C20H19N3O4/c1-13-12-14(27-20-21-10-5-11-22-20)8-9-16(13)23-19(24)15-6-4-7-17(25-2)18(15)26-3/h4-12H,1-3H3,(H,23,24). The molecule has 0 atom stereocenters. The fraction of sp³-hybridized carbons (Fsp3) is 0.150. The number of methoxy groups -OCH3 is 2. The molecular weight excluding hydrogens is 346 g/mol. The van der Waals surface area contributed by atoms with Crippen molar-refractivity contribution < 1.29 is 19.0 Å². The summed E-state index contributed by atoms with van der Waals surface area (Å²) in [4.78, 5) is 20.7. The van der Waals surface area contributed by atoms with Crippen molar-refractivity contribution >= 4 is 11.6 Å². The van der Waals surface area contributed by atoms with Gasteiger partial charge in [0.25, 0.3) is 5.91 Å². The zero-order valence-corrected chi connectivity index (χ0v) is 15.2. The predicted octanol–water partition coefficient (Wildman–Crippen LogP) is 3.85. The molecule has 3 aromatic rings. The molecule has 1 aromatic heterocycles. The van der Waals surface area contributed by atoms with Gasteiger partial charge in [0.1, 0.15) is 5.75 Å². The quantitative estimate of drug-likeness (QED) is 0.714. The van der Waals surface area contributed by atoms with E-state index in [0.29, 0.717) is 28.5 Å². The van der Waals surface area contributed by atoms with Gasteiger partial charge in [-0.1, -0.05) is 6.07 Å². The number of amides is 1. The fourth-order valence-corrected chi connectivity index (χ4v) is 2.54. The van der Waals surface area contributed by atoms with Crippen LogP contribution in [-0.4, -0.2) is 30.1 Å². The molecule has 0 saturated carbocycles. The van der Waals surface area contributed by atoms with Crippen LogP contribution in [0.2, 0.25) is 0 Å². The molecule has 138 valence electrons. The van der Waals surface area contributed by atoms with E-state index in [9.17, 15) is 4.79 Å². The Hall–Kier alpha value is -3.61. The summed E-state index contributed by atoms with van der Waals surface area (Å²) in [6, 6.07) is 12.4. The minimum Gasteiger partial charge on any atom is -0.493 e. The van der Waals surface area contributed by atoms with E-state index in [1.165, 1.54) is 14.2 Å². The molecular formula is C20H19N3O4. The lowest BCUT2D eigenvalue weighted by Gasteiger charge is -2.14. The molecule has 0 aliphatic rings. The molecule has 7 heteroatoms. The molecule has 7 nitrogen and oxygen atoms in total. The van der Waals surface area contributed by atoms with Crippen molar-refractivity contribution in [1.29, 1.82) is 0 Å². The zero-order chi connectivity index (χ0) is 19.2. The molecule has 1 amide bonds. The van der Waals surface area contributed by atoms with Crippen molar-refractivity contribution in [2.45, 2.75) is 6.92 Å². The lowest BCUT2D eigenvalue weighted by Crippen LogP contribution is -2.14. The van der Waals surface area contributed by atoms with Crippen LogP contribution in [0.25, 0.3) is 0 Å². The van der Waals surface area contributed by atoms with Crippen LogP contribution in [0.4, 0.5) is 5.69 Å². The summed E-state index contributed by atoms with van der Waals surface area (Å²) in [5.74, 6) is 1.16. The van der Waals surface area contributed by atoms with Gasteiger partial charge in [-0.05, 0) is 48.9 Å². The highest BCUT2D eigenvalue weighted by Gasteiger charge is 2.17. The Morgan fingerprint density at radius 3 is 2.44 bits per heavy atom. The Labute approximate surface area is 156 Å². The number of aryl methyl sites for hydroxylation is 1. The van der Waals surface area contributed by atoms with E-state index in [4.69, 9.17) is 14.2 Å². The van der Waals surface area contributed by atoms with E-state index in [1.807, 2.05) is 6.92 Å². The SMILES string of the molecule is COc1cccc(C(=O)Nc2ccc(Oc3ncccn3)cc2C)c1OC. The van der Waals surface area contributed by atoms with Crippen LogP contribution in [0.5, 0.6) is 23.3 Å². The molecule has 0 saturated heterocycles. The summed E-state index contributed by atoms with van der Waals surface area (Å²) in [5.41, 5.74) is 1.87. The minimum atomic E-state index is -0.297. The normalized spacial score (nSPS) is 10.2. The van der Waals surface area contributed by atoms with Crippen LogP contribution in [0.1, 0.15) is 15.9 Å². The fourth-order valence-electron chi connectivity index (χ4n) is 2.54. The Bertz CT molecular complexity index is 945. The molecule has 1 heterocycles. The van der Waals surface area contributed by atoms with Gasteiger partial charge in [0, 0.05) is 18.1 Å². The van der Waals surface area contributed by atoms with Gasteiger partial charge < -0.3 is 19.5 Å². The molecule has 27 heavy (non-hydrogen) atoms. The summed E-state index contributed by atoms with van der Waals surface area (Å²) in [7, 11) is 3.02. The average molecular weight is 365 g/mol. The van der Waals surface area contributed by atoms with Crippen LogP contribution in [0.3, 0.4) is 0 Å². The Balaban J connectivity index is 1.79. The second-order valence-electron chi connectivity index (χ2n) is 5.61. The number of carbonyl (C=O) groups excluding carboxylic acids is 1. The molecule has 2 aromatic carbocycles. The lowest BCUT2D eigenvalue weighted by atomic mass is 10.1. The number of nitrogens with one attached hydrogen (secondary N) is 1. The second kappa shape index (κ2) is 8.18. The van der Waals surface area contributed by atoms with Crippen LogP contribution >= 0.6 is 0 Å². The van der Waals surface area contributed by atoms with E-state index >= 15 is 0 Å². The molecule has 0 bridgehead atoms. The summed E-state index contributed by atoms with van der Waals surface area (Å²) in [5, 5.41) is 2.88. The summed E-state index contributed by atoms with van der Waals surface area (Å²) >= 11 is 0. The van der Waals surface area contributed by atoms with Crippen molar-refractivity contribution in [2.24, 2.45) is 0 Å². The van der Waals surface area contributed by atoms with Crippen LogP contribution < -0.4 is 19.5 Å². The van der Waals surface area contributed by atoms with E-state index in [1.54, 1.807) is 54.9 Å². The Morgan fingerprint density at radius 2 is 1.78 bits per heavy atom. The number of rotatable bonds is 6. The van der Waals surface area contributed by atoms with Gasteiger partial charge in [-0.25, -0.2) is 9.97 Å². The van der Waals surface area contributed by atoms with E-state index in [2.05, 4.69) is 15.3 Å². The highest BCUT2D eigenvalue weighted by atomic mass is 16.5. The number of para-hydroxylation sites is 1. The first-order valence-corrected chi connectivity index (χ1v) is 8.20. The molecule has 0 aliphatic heterocycles. The Kier molecular flexibility index (Phi) is 5.51. The maximum absolute atomic E-state index is 12.7. The van der Waals surface area contributed by atoms with Gasteiger partial charge in [0.05, 0.1) is 19.8 Å². The lowest BCUT2D eigenvalue weighted by molar-refractivity contribution is 0.102. The van der Waals surface area contributed by atoms with E-state index in [0.717, 1.165) is 5.56 Å². The van der Waals surface area contributed by atoms with Gasteiger partial charge in [0.15, 0.2) is 11.5 Å². The number of nitrogens with zero attached hydrogens (tertiary/aromatic N) is 2. The molecule has 0 fully saturated rings. The number of hydrogen-bond acceptors (Lipinski definition) is 6. The van der Waals surface area contributed by atoms with Crippen molar-refractivity contribution in [2.75, 3.05) is 19.5 Å². The van der Waals surface area contributed by atoms with Gasteiger partial charge in [-0.2, -0.15) is 0 Å². The van der Waals surface area contributed by atoms with Gasteiger partial charge >= 0.3 is 6.01 Å². The van der Waals surface area contributed by atoms with E-state index < -0.39 is 0 Å². The highest BCUT2D eigenvalue weighted by molar-refractivity contribution is 6.07. The minimum absolute atomic E-state index is 0.259.